The molecule has 2 aromatic heterocycles. The van der Waals surface area contributed by atoms with Crippen LogP contribution in [0.2, 0.25) is 5.02 Å². The van der Waals surface area contributed by atoms with Crippen molar-refractivity contribution in [1.82, 2.24) is 29.6 Å². The molecule has 2 heterocycles. The number of hydrogen-bond acceptors (Lipinski definition) is 5. The van der Waals surface area contributed by atoms with Crippen LogP contribution in [0.15, 0.2) is 43.0 Å². The summed E-state index contributed by atoms with van der Waals surface area (Å²) in [6.07, 6.45) is 1.72. The van der Waals surface area contributed by atoms with Gasteiger partial charge in [0.1, 0.15) is 6.33 Å². The number of alkyl halides is 3. The molecular formula is C19H16ClF3N6O. The van der Waals surface area contributed by atoms with Crippen LogP contribution in [-0.2, 0) is 12.7 Å². The van der Waals surface area contributed by atoms with E-state index in [2.05, 4.69) is 20.1 Å². The molecule has 1 amide bonds. The van der Waals surface area contributed by atoms with Crippen molar-refractivity contribution in [1.29, 1.82) is 0 Å². The largest absolute Gasteiger partial charge is 0.416 e. The van der Waals surface area contributed by atoms with Gasteiger partial charge in [-0.05, 0) is 43.0 Å². The third kappa shape index (κ3) is 4.59. The molecule has 1 aromatic carbocycles. The zero-order valence-corrected chi connectivity index (χ0v) is 16.3. The standard InChI is InChI=1S/C19H16ClF3N6O/c20-15-7-13(6-14(8-15)19(21,22)23)17(30)28(9-12-2-3-12)10-16-26-11-27-29(16)18-24-4-1-5-25-18/h1,4-8,11-12H,2-3,9-10H2. The lowest BCUT2D eigenvalue weighted by molar-refractivity contribution is -0.137. The van der Waals surface area contributed by atoms with Crippen LogP contribution in [-0.4, -0.2) is 42.1 Å². The average molecular weight is 437 g/mol. The van der Waals surface area contributed by atoms with Crippen molar-refractivity contribution in [2.24, 2.45) is 5.92 Å². The molecule has 3 aromatic rings. The van der Waals surface area contributed by atoms with Gasteiger partial charge in [0.2, 0.25) is 0 Å². The van der Waals surface area contributed by atoms with Crippen LogP contribution in [0.3, 0.4) is 0 Å². The van der Waals surface area contributed by atoms with E-state index in [1.807, 2.05) is 0 Å². The van der Waals surface area contributed by atoms with Crippen molar-refractivity contribution in [3.63, 3.8) is 0 Å². The van der Waals surface area contributed by atoms with Crippen LogP contribution in [0.4, 0.5) is 13.2 Å². The second-order valence-corrected chi connectivity index (χ2v) is 7.43. The second-order valence-electron chi connectivity index (χ2n) is 6.99. The highest BCUT2D eigenvalue weighted by atomic mass is 35.5. The smallest absolute Gasteiger partial charge is 0.331 e. The fraction of sp³-hybridized carbons (Fsp3) is 0.316. The Hall–Kier alpha value is -3.01. The number of nitrogens with zero attached hydrogens (tertiary/aromatic N) is 6. The summed E-state index contributed by atoms with van der Waals surface area (Å²) in [6.45, 7) is 0.441. The molecule has 7 nitrogen and oxygen atoms in total. The molecule has 11 heteroatoms. The van der Waals surface area contributed by atoms with Gasteiger partial charge < -0.3 is 4.90 Å². The Labute approximate surface area is 174 Å². The fourth-order valence-electron chi connectivity index (χ4n) is 3.00. The highest BCUT2D eigenvalue weighted by molar-refractivity contribution is 6.31. The average Bonchev–Trinajstić information content (AvgIpc) is 3.41. The Balaban J connectivity index is 1.64. The highest BCUT2D eigenvalue weighted by Crippen LogP contribution is 2.33. The Kier molecular flexibility index (Phi) is 5.42. The summed E-state index contributed by atoms with van der Waals surface area (Å²) in [5.41, 5.74) is -1.09. The summed E-state index contributed by atoms with van der Waals surface area (Å²) >= 11 is 5.86. The predicted molar refractivity (Wildman–Crippen MR) is 101 cm³/mol. The Morgan fingerprint density at radius 3 is 2.57 bits per heavy atom. The summed E-state index contributed by atoms with van der Waals surface area (Å²) in [4.78, 5) is 27.0. The third-order valence-corrected chi connectivity index (χ3v) is 4.85. The molecule has 1 aliphatic rings. The quantitative estimate of drug-likeness (QED) is 0.587. The van der Waals surface area contributed by atoms with Crippen LogP contribution in [0.1, 0.15) is 34.6 Å². The maximum atomic E-state index is 13.2. The maximum absolute atomic E-state index is 13.2. The topological polar surface area (TPSA) is 76.8 Å². The molecule has 1 saturated carbocycles. The van der Waals surface area contributed by atoms with Crippen LogP contribution < -0.4 is 0 Å². The number of carbonyl (C=O) groups is 1. The Bertz CT molecular complexity index is 1050. The van der Waals surface area contributed by atoms with E-state index < -0.39 is 17.6 Å². The predicted octanol–water partition coefficient (Wildman–Crippen LogP) is 3.78. The molecule has 30 heavy (non-hydrogen) atoms. The summed E-state index contributed by atoms with van der Waals surface area (Å²) in [6, 6.07) is 4.51. The second kappa shape index (κ2) is 8.02. The van der Waals surface area contributed by atoms with Crippen LogP contribution in [0.5, 0.6) is 0 Å². The molecule has 0 bridgehead atoms. The first kappa shape index (κ1) is 20.3. The highest BCUT2D eigenvalue weighted by Gasteiger charge is 2.33. The summed E-state index contributed by atoms with van der Waals surface area (Å²) in [7, 11) is 0. The van der Waals surface area contributed by atoms with Gasteiger partial charge in [-0.3, -0.25) is 4.79 Å². The van der Waals surface area contributed by atoms with Crippen LogP contribution in [0.25, 0.3) is 5.95 Å². The molecule has 0 spiro atoms. The SMILES string of the molecule is O=C(c1cc(Cl)cc(C(F)(F)F)c1)N(Cc1ncnn1-c1ncccn1)CC1CC1. The van der Waals surface area contributed by atoms with Gasteiger partial charge in [-0.15, -0.1) is 0 Å². The van der Waals surface area contributed by atoms with E-state index in [4.69, 9.17) is 11.6 Å². The Morgan fingerprint density at radius 2 is 1.90 bits per heavy atom. The zero-order chi connectivity index (χ0) is 21.3. The number of halogens is 4. The van der Waals surface area contributed by atoms with Crippen molar-refractivity contribution in [2.45, 2.75) is 25.6 Å². The number of hydrogen-bond donors (Lipinski definition) is 0. The minimum atomic E-state index is -4.61. The van der Waals surface area contributed by atoms with Gasteiger partial charge in [-0.2, -0.15) is 23.0 Å². The molecular weight excluding hydrogens is 421 g/mol. The lowest BCUT2D eigenvalue weighted by Gasteiger charge is -2.23. The van der Waals surface area contributed by atoms with E-state index >= 15 is 0 Å². The van der Waals surface area contributed by atoms with E-state index in [0.717, 1.165) is 25.0 Å². The van der Waals surface area contributed by atoms with Gasteiger partial charge in [0.25, 0.3) is 11.9 Å². The molecule has 0 atom stereocenters. The lowest BCUT2D eigenvalue weighted by Crippen LogP contribution is -2.34. The van der Waals surface area contributed by atoms with Gasteiger partial charge >= 0.3 is 6.18 Å². The number of rotatable bonds is 6. The van der Waals surface area contributed by atoms with Gasteiger partial charge in [-0.1, -0.05) is 11.6 Å². The van der Waals surface area contributed by atoms with E-state index in [-0.39, 0.29) is 23.1 Å². The number of benzene rings is 1. The maximum Gasteiger partial charge on any atom is 0.416 e. The normalized spacial score (nSPS) is 14.0. The number of amides is 1. The first-order chi connectivity index (χ1) is 14.3. The minimum absolute atomic E-state index is 0.0431. The van der Waals surface area contributed by atoms with E-state index in [0.29, 0.717) is 18.3 Å². The van der Waals surface area contributed by atoms with Crippen LogP contribution >= 0.6 is 11.6 Å². The summed E-state index contributed by atoms with van der Waals surface area (Å²) in [5.74, 6) is 0.428. The van der Waals surface area contributed by atoms with Crippen molar-refractivity contribution in [3.8, 4) is 5.95 Å². The molecule has 4 rings (SSSR count). The summed E-state index contributed by atoms with van der Waals surface area (Å²) < 4.78 is 40.9. The molecule has 0 unspecified atom stereocenters. The monoisotopic (exact) mass is 436 g/mol. The lowest BCUT2D eigenvalue weighted by atomic mass is 10.1. The first-order valence-electron chi connectivity index (χ1n) is 9.14. The molecule has 0 saturated heterocycles. The number of carbonyl (C=O) groups excluding carboxylic acids is 1. The third-order valence-electron chi connectivity index (χ3n) is 4.63. The van der Waals surface area contributed by atoms with E-state index in [9.17, 15) is 18.0 Å². The van der Waals surface area contributed by atoms with Crippen molar-refractivity contribution < 1.29 is 18.0 Å². The molecule has 0 radical (unpaired) electrons. The van der Waals surface area contributed by atoms with Crippen LogP contribution in [0, 0.1) is 5.92 Å². The van der Waals surface area contributed by atoms with Gasteiger partial charge in [0.05, 0.1) is 12.1 Å². The minimum Gasteiger partial charge on any atom is -0.331 e. The summed E-state index contributed by atoms with van der Waals surface area (Å²) in [5, 5.41) is 3.95. The van der Waals surface area contributed by atoms with E-state index in [1.165, 1.54) is 22.0 Å². The van der Waals surface area contributed by atoms with Gasteiger partial charge in [0, 0.05) is 29.5 Å². The van der Waals surface area contributed by atoms with Crippen molar-refractivity contribution >= 4 is 17.5 Å². The molecule has 156 valence electrons. The zero-order valence-electron chi connectivity index (χ0n) is 15.6. The van der Waals surface area contributed by atoms with Crippen molar-refractivity contribution in [2.75, 3.05) is 6.54 Å². The Morgan fingerprint density at radius 1 is 1.17 bits per heavy atom. The fourth-order valence-corrected chi connectivity index (χ4v) is 3.24. The molecule has 1 aliphatic carbocycles. The van der Waals surface area contributed by atoms with Crippen molar-refractivity contribution in [3.05, 3.63) is 65.0 Å². The number of aromatic nitrogens is 5. The molecule has 1 fully saturated rings. The van der Waals surface area contributed by atoms with E-state index in [1.54, 1.807) is 18.5 Å². The molecule has 0 aliphatic heterocycles. The molecule has 0 N–H and O–H groups in total. The van der Waals surface area contributed by atoms with Gasteiger partial charge in [0.15, 0.2) is 5.82 Å². The first-order valence-corrected chi connectivity index (χ1v) is 9.52. The van der Waals surface area contributed by atoms with Gasteiger partial charge in [-0.25, -0.2) is 15.0 Å².